The van der Waals surface area contributed by atoms with E-state index in [0.717, 1.165) is 4.57 Å². The van der Waals surface area contributed by atoms with Gasteiger partial charge in [-0.1, -0.05) is 0 Å². The Labute approximate surface area is 73.2 Å². The van der Waals surface area contributed by atoms with Crippen molar-refractivity contribution < 1.29 is 19.8 Å². The zero-order valence-corrected chi connectivity index (χ0v) is 6.60. The van der Waals surface area contributed by atoms with E-state index in [4.69, 9.17) is 15.9 Å². The van der Waals surface area contributed by atoms with E-state index in [9.17, 15) is 9.59 Å². The molecule has 1 aromatic heterocycles. The third kappa shape index (κ3) is 1.98. The predicted octanol–water partition coefficient (Wildman–Crippen LogP) is -0.147. The summed E-state index contributed by atoms with van der Waals surface area (Å²) in [4.78, 5) is 20.8. The van der Waals surface area contributed by atoms with Gasteiger partial charge in [0, 0.05) is 6.20 Å². The summed E-state index contributed by atoms with van der Waals surface area (Å²) in [5.74, 6) is -2.31. The third-order valence-corrected chi connectivity index (χ3v) is 1.44. The first-order valence-electron chi connectivity index (χ1n) is 3.41. The summed E-state index contributed by atoms with van der Waals surface area (Å²) in [6.07, 6.45) is 1.28. The highest BCUT2D eigenvalue weighted by Gasteiger charge is 2.12. The summed E-state index contributed by atoms with van der Waals surface area (Å²) < 4.78 is 1.07. The van der Waals surface area contributed by atoms with Gasteiger partial charge in [0.15, 0.2) is 0 Å². The molecule has 0 aliphatic rings. The molecule has 4 N–H and O–H groups in total. The fraction of sp³-hybridized carbons (Fsp3) is 0.143. The number of carboxylic acids is 2. The summed E-state index contributed by atoms with van der Waals surface area (Å²) in [5.41, 5.74) is 5.43. The van der Waals surface area contributed by atoms with Crippen LogP contribution in [0.2, 0.25) is 0 Å². The third-order valence-electron chi connectivity index (χ3n) is 1.44. The number of aliphatic carboxylic acids is 1. The Morgan fingerprint density at radius 3 is 2.54 bits per heavy atom. The van der Waals surface area contributed by atoms with E-state index in [2.05, 4.69) is 0 Å². The minimum atomic E-state index is -1.20. The fourth-order valence-electron chi connectivity index (χ4n) is 0.989. The quantitative estimate of drug-likeness (QED) is 0.605. The van der Waals surface area contributed by atoms with Crippen molar-refractivity contribution in [1.82, 2.24) is 4.57 Å². The van der Waals surface area contributed by atoms with Crippen molar-refractivity contribution >= 4 is 17.6 Å². The Balaban J connectivity index is 3.04. The molecule has 1 rings (SSSR count). The highest BCUT2D eigenvalue weighted by Crippen LogP contribution is 2.10. The number of aromatic nitrogens is 1. The number of rotatable bonds is 3. The molecule has 0 saturated heterocycles. The number of aromatic carboxylic acids is 1. The lowest BCUT2D eigenvalue weighted by atomic mass is 10.4. The maximum Gasteiger partial charge on any atom is 0.352 e. The molecule has 1 aromatic rings. The summed E-state index contributed by atoms with van der Waals surface area (Å²) in [5, 5.41) is 17.1. The molecule has 6 nitrogen and oxygen atoms in total. The first-order chi connectivity index (χ1) is 6.00. The van der Waals surface area contributed by atoms with Crippen molar-refractivity contribution in [2.75, 3.05) is 5.73 Å². The van der Waals surface area contributed by atoms with Crippen LogP contribution in [0.4, 0.5) is 5.69 Å². The van der Waals surface area contributed by atoms with Gasteiger partial charge in [0.05, 0.1) is 5.69 Å². The van der Waals surface area contributed by atoms with Crippen LogP contribution in [0.1, 0.15) is 10.5 Å². The number of nitrogen functional groups attached to an aromatic ring is 1. The Bertz CT molecular complexity index is 355. The largest absolute Gasteiger partial charge is 0.480 e. The van der Waals surface area contributed by atoms with Crippen LogP contribution < -0.4 is 5.73 Å². The van der Waals surface area contributed by atoms with Crippen LogP contribution in [0.3, 0.4) is 0 Å². The van der Waals surface area contributed by atoms with Crippen LogP contribution in [0.5, 0.6) is 0 Å². The van der Waals surface area contributed by atoms with Crippen molar-refractivity contribution in [2.24, 2.45) is 0 Å². The SMILES string of the molecule is Nc1cc(C(=O)O)n(CC(=O)O)c1. The normalized spacial score (nSPS) is 9.85. The van der Waals surface area contributed by atoms with Crippen LogP contribution in [0, 0.1) is 0 Å². The van der Waals surface area contributed by atoms with Gasteiger partial charge < -0.3 is 20.5 Å². The molecule has 0 fully saturated rings. The number of anilines is 1. The number of carboxylic acid groups (broad SMARTS) is 2. The first-order valence-corrected chi connectivity index (χ1v) is 3.41. The van der Waals surface area contributed by atoms with Crippen molar-refractivity contribution in [3.8, 4) is 0 Å². The summed E-state index contributed by atoms with van der Waals surface area (Å²) in [6, 6.07) is 1.21. The van der Waals surface area contributed by atoms with E-state index in [-0.39, 0.29) is 11.4 Å². The highest BCUT2D eigenvalue weighted by molar-refractivity contribution is 5.87. The van der Waals surface area contributed by atoms with E-state index in [0.29, 0.717) is 0 Å². The molecule has 0 atom stereocenters. The van der Waals surface area contributed by atoms with E-state index >= 15 is 0 Å². The summed E-state index contributed by atoms with van der Waals surface area (Å²) in [7, 11) is 0. The molecule has 0 aromatic carbocycles. The van der Waals surface area contributed by atoms with Crippen LogP contribution in [0.15, 0.2) is 12.3 Å². The second-order valence-corrected chi connectivity index (χ2v) is 2.49. The van der Waals surface area contributed by atoms with Gasteiger partial charge in [-0.15, -0.1) is 0 Å². The summed E-state index contributed by atoms with van der Waals surface area (Å²) >= 11 is 0. The molecule has 0 amide bonds. The molecule has 0 saturated carbocycles. The highest BCUT2D eigenvalue weighted by atomic mass is 16.4. The smallest absolute Gasteiger partial charge is 0.352 e. The van der Waals surface area contributed by atoms with Gasteiger partial charge in [-0.2, -0.15) is 0 Å². The maximum atomic E-state index is 10.5. The average molecular weight is 184 g/mol. The average Bonchev–Trinajstić information content (AvgIpc) is 2.29. The molecule has 70 valence electrons. The van der Waals surface area contributed by atoms with Gasteiger partial charge in [-0.05, 0) is 6.07 Å². The van der Waals surface area contributed by atoms with Crippen molar-refractivity contribution in [1.29, 1.82) is 0 Å². The molecular weight excluding hydrogens is 176 g/mol. The number of carbonyl (C=O) groups is 2. The molecule has 0 bridgehead atoms. The lowest BCUT2D eigenvalue weighted by Crippen LogP contribution is -2.13. The number of nitrogens with zero attached hydrogens (tertiary/aromatic N) is 1. The molecule has 0 unspecified atom stereocenters. The van der Waals surface area contributed by atoms with E-state index in [1.807, 2.05) is 0 Å². The van der Waals surface area contributed by atoms with Gasteiger partial charge in [0.2, 0.25) is 0 Å². The predicted molar refractivity (Wildman–Crippen MR) is 43.4 cm³/mol. The topological polar surface area (TPSA) is 106 Å². The van der Waals surface area contributed by atoms with Crippen LogP contribution in [-0.4, -0.2) is 26.7 Å². The zero-order chi connectivity index (χ0) is 10.0. The lowest BCUT2D eigenvalue weighted by Gasteiger charge is -2.00. The Kier molecular flexibility index (Phi) is 2.23. The monoisotopic (exact) mass is 184 g/mol. The van der Waals surface area contributed by atoms with Gasteiger partial charge in [0.25, 0.3) is 0 Å². The maximum absolute atomic E-state index is 10.5. The van der Waals surface area contributed by atoms with E-state index in [1.54, 1.807) is 0 Å². The second kappa shape index (κ2) is 3.18. The molecule has 1 heterocycles. The van der Waals surface area contributed by atoms with Crippen LogP contribution in [0.25, 0.3) is 0 Å². The standard InChI is InChI=1S/C7H8N2O4/c8-4-1-5(7(12)13)9(2-4)3-6(10)11/h1-2H,3,8H2,(H,10,11)(H,12,13). The number of nitrogens with two attached hydrogens (primary N) is 1. The molecule has 0 spiro atoms. The molecule has 0 radical (unpaired) electrons. The minimum absolute atomic E-state index is 0.125. The Morgan fingerprint density at radius 2 is 2.08 bits per heavy atom. The van der Waals surface area contributed by atoms with Crippen LogP contribution in [-0.2, 0) is 11.3 Å². The molecule has 13 heavy (non-hydrogen) atoms. The Morgan fingerprint density at radius 1 is 1.46 bits per heavy atom. The zero-order valence-electron chi connectivity index (χ0n) is 6.60. The first kappa shape index (κ1) is 9.11. The number of hydrogen-bond donors (Lipinski definition) is 3. The van der Waals surface area contributed by atoms with Gasteiger partial charge in [0.1, 0.15) is 12.2 Å². The van der Waals surface area contributed by atoms with Crippen LogP contribution >= 0.6 is 0 Å². The fourth-order valence-corrected chi connectivity index (χ4v) is 0.989. The Hall–Kier alpha value is -1.98. The summed E-state index contributed by atoms with van der Waals surface area (Å²) in [6.45, 7) is -0.404. The van der Waals surface area contributed by atoms with Gasteiger partial charge >= 0.3 is 11.9 Å². The van der Waals surface area contributed by atoms with Crippen molar-refractivity contribution in [2.45, 2.75) is 6.54 Å². The van der Waals surface area contributed by atoms with Crippen molar-refractivity contribution in [3.63, 3.8) is 0 Å². The second-order valence-electron chi connectivity index (χ2n) is 2.49. The van der Waals surface area contributed by atoms with Gasteiger partial charge in [-0.3, -0.25) is 4.79 Å². The molecular formula is C7H8N2O4. The van der Waals surface area contributed by atoms with E-state index < -0.39 is 18.5 Å². The van der Waals surface area contributed by atoms with Crippen molar-refractivity contribution in [3.05, 3.63) is 18.0 Å². The molecule has 6 heteroatoms. The van der Waals surface area contributed by atoms with Gasteiger partial charge in [-0.25, -0.2) is 4.79 Å². The van der Waals surface area contributed by atoms with E-state index in [1.165, 1.54) is 12.3 Å². The molecule has 0 aliphatic heterocycles. The molecule has 0 aliphatic carbocycles. The lowest BCUT2D eigenvalue weighted by molar-refractivity contribution is -0.137. The number of hydrogen-bond acceptors (Lipinski definition) is 3. The minimum Gasteiger partial charge on any atom is -0.480 e.